The van der Waals surface area contributed by atoms with Crippen molar-refractivity contribution in [1.82, 2.24) is 0 Å². The molecule has 0 saturated carbocycles. The molecule has 0 radical (unpaired) electrons. The van der Waals surface area contributed by atoms with E-state index in [0.29, 0.717) is 22.5 Å². The van der Waals surface area contributed by atoms with E-state index in [-0.39, 0.29) is 0 Å². The second-order valence-electron chi connectivity index (χ2n) is 3.61. The van der Waals surface area contributed by atoms with Gasteiger partial charge in [-0.05, 0) is 24.3 Å². The number of amides is 2. The number of hydrogen-bond donors (Lipinski definition) is 0. The predicted octanol–water partition coefficient (Wildman–Crippen LogP) is 3.12. The van der Waals surface area contributed by atoms with Gasteiger partial charge in [0.25, 0.3) is 11.8 Å². The van der Waals surface area contributed by atoms with Crippen molar-refractivity contribution in [2.75, 3.05) is 0 Å². The fourth-order valence-electron chi connectivity index (χ4n) is 1.36. The SMILES string of the molecule is O=C(N=S=NC(=O)c1ccccc1)c1ccccc1. The lowest BCUT2D eigenvalue weighted by atomic mass is 10.2. The van der Waals surface area contributed by atoms with Crippen LogP contribution < -0.4 is 0 Å². The van der Waals surface area contributed by atoms with Crippen LogP contribution in [0, 0.1) is 0 Å². The Hall–Kier alpha value is -2.40. The summed E-state index contributed by atoms with van der Waals surface area (Å²) in [6.45, 7) is 0. The zero-order chi connectivity index (χ0) is 13.5. The topological polar surface area (TPSA) is 58.9 Å². The molecule has 0 N–H and O–H groups in total. The molecule has 19 heavy (non-hydrogen) atoms. The normalized spacial score (nSPS) is 9.47. The van der Waals surface area contributed by atoms with Crippen molar-refractivity contribution >= 4 is 23.2 Å². The van der Waals surface area contributed by atoms with Crippen LogP contribution in [0.15, 0.2) is 69.4 Å². The van der Waals surface area contributed by atoms with E-state index in [0.717, 1.165) is 0 Å². The molecule has 2 rings (SSSR count). The van der Waals surface area contributed by atoms with Crippen LogP contribution in [0.2, 0.25) is 0 Å². The number of hydrogen-bond acceptors (Lipinski definition) is 2. The van der Waals surface area contributed by atoms with Crippen LogP contribution in [0.4, 0.5) is 0 Å². The molecule has 0 spiro atoms. The lowest BCUT2D eigenvalue weighted by Crippen LogP contribution is -1.94. The zero-order valence-electron chi connectivity index (χ0n) is 9.89. The molecule has 0 saturated heterocycles. The lowest BCUT2D eigenvalue weighted by molar-refractivity contribution is 0.100. The molecule has 2 amide bonds. The van der Waals surface area contributed by atoms with Crippen LogP contribution in [-0.4, -0.2) is 11.8 Å². The van der Waals surface area contributed by atoms with E-state index in [1.165, 1.54) is 0 Å². The molecule has 4 nitrogen and oxygen atoms in total. The van der Waals surface area contributed by atoms with Crippen molar-refractivity contribution < 1.29 is 9.59 Å². The Morgan fingerprint density at radius 2 is 1.05 bits per heavy atom. The van der Waals surface area contributed by atoms with Crippen LogP contribution in [0.25, 0.3) is 0 Å². The average molecular weight is 270 g/mol. The number of benzene rings is 2. The number of carbonyl (C=O) groups is 2. The molecule has 2 aromatic carbocycles. The van der Waals surface area contributed by atoms with E-state index in [1.54, 1.807) is 48.5 Å². The summed E-state index contributed by atoms with van der Waals surface area (Å²) in [4.78, 5) is 23.2. The van der Waals surface area contributed by atoms with Gasteiger partial charge in [-0.3, -0.25) is 9.59 Å². The molecule has 0 bridgehead atoms. The average Bonchev–Trinajstić information content (AvgIpc) is 2.49. The Bertz CT molecular complexity index is 592. The van der Waals surface area contributed by atoms with Gasteiger partial charge in [-0.25, -0.2) is 0 Å². The summed E-state index contributed by atoms with van der Waals surface area (Å²) in [5.41, 5.74) is 0.940. The molecule has 0 aliphatic heterocycles. The Morgan fingerprint density at radius 3 is 1.42 bits per heavy atom. The molecule has 2 aromatic rings. The maximum absolute atomic E-state index is 11.6. The molecule has 0 atom stereocenters. The maximum atomic E-state index is 11.6. The molecule has 0 fully saturated rings. The first kappa shape index (κ1) is 13.0. The Balaban J connectivity index is 2.09. The van der Waals surface area contributed by atoms with Crippen molar-refractivity contribution in [3.05, 3.63) is 71.8 Å². The van der Waals surface area contributed by atoms with Crippen LogP contribution in [0.3, 0.4) is 0 Å². The first-order chi connectivity index (χ1) is 9.27. The fraction of sp³-hybridized carbons (Fsp3) is 0. The highest BCUT2D eigenvalue weighted by molar-refractivity contribution is 7.58. The summed E-state index contributed by atoms with van der Waals surface area (Å²) >= 11 is 0.610. The van der Waals surface area contributed by atoms with Gasteiger partial charge in [0.15, 0.2) is 0 Å². The minimum absolute atomic E-state index is 0.407. The smallest absolute Gasteiger partial charge is 0.266 e. The van der Waals surface area contributed by atoms with E-state index >= 15 is 0 Å². The molecule has 0 heterocycles. The summed E-state index contributed by atoms with van der Waals surface area (Å²) in [5.74, 6) is -0.814. The van der Waals surface area contributed by atoms with Gasteiger partial charge in [0, 0.05) is 11.1 Å². The van der Waals surface area contributed by atoms with Gasteiger partial charge in [-0.15, -0.1) is 8.73 Å². The van der Waals surface area contributed by atoms with E-state index in [1.807, 2.05) is 12.1 Å². The van der Waals surface area contributed by atoms with E-state index in [4.69, 9.17) is 0 Å². The minimum atomic E-state index is -0.407. The van der Waals surface area contributed by atoms with Crippen LogP contribution in [-0.2, 0) is 11.4 Å². The maximum Gasteiger partial charge on any atom is 0.288 e. The van der Waals surface area contributed by atoms with Gasteiger partial charge in [-0.1, -0.05) is 36.4 Å². The van der Waals surface area contributed by atoms with Gasteiger partial charge >= 0.3 is 0 Å². The molecule has 94 valence electrons. The van der Waals surface area contributed by atoms with Crippen LogP contribution in [0.1, 0.15) is 20.7 Å². The molecule has 0 unspecified atom stereocenters. The Labute approximate surface area is 114 Å². The quantitative estimate of drug-likeness (QED) is 0.841. The first-order valence-electron chi connectivity index (χ1n) is 5.54. The third-order valence-corrected chi connectivity index (χ3v) is 2.78. The van der Waals surface area contributed by atoms with Crippen LogP contribution in [0.5, 0.6) is 0 Å². The van der Waals surface area contributed by atoms with Gasteiger partial charge < -0.3 is 0 Å². The summed E-state index contributed by atoms with van der Waals surface area (Å²) in [7, 11) is 0. The largest absolute Gasteiger partial charge is 0.288 e. The highest BCUT2D eigenvalue weighted by atomic mass is 32.1. The highest BCUT2D eigenvalue weighted by Gasteiger charge is 2.02. The summed E-state index contributed by atoms with van der Waals surface area (Å²) < 4.78 is 7.30. The minimum Gasteiger partial charge on any atom is -0.266 e. The number of carbonyl (C=O) groups excluding carboxylic acids is 2. The highest BCUT2D eigenvalue weighted by Crippen LogP contribution is 2.01. The molecular weight excluding hydrogens is 260 g/mol. The van der Waals surface area contributed by atoms with Crippen molar-refractivity contribution in [3.8, 4) is 0 Å². The zero-order valence-corrected chi connectivity index (χ0v) is 10.7. The number of nitrogens with zero attached hydrogens (tertiary/aromatic N) is 2. The van der Waals surface area contributed by atoms with Crippen molar-refractivity contribution in [1.29, 1.82) is 0 Å². The second kappa shape index (κ2) is 6.51. The van der Waals surface area contributed by atoms with Crippen molar-refractivity contribution in [2.45, 2.75) is 0 Å². The Kier molecular flexibility index (Phi) is 4.47. The van der Waals surface area contributed by atoms with E-state index in [9.17, 15) is 9.59 Å². The molecule has 0 aliphatic rings. The molecule has 5 heteroatoms. The lowest BCUT2D eigenvalue weighted by Gasteiger charge is -1.91. The first-order valence-corrected chi connectivity index (χ1v) is 6.27. The van der Waals surface area contributed by atoms with Crippen LogP contribution >= 0.6 is 0 Å². The monoisotopic (exact) mass is 270 g/mol. The third kappa shape index (κ3) is 3.79. The van der Waals surface area contributed by atoms with Gasteiger partial charge in [0.05, 0.1) is 11.4 Å². The van der Waals surface area contributed by atoms with Gasteiger partial charge in [-0.2, -0.15) is 0 Å². The fourth-order valence-corrected chi connectivity index (χ4v) is 1.76. The van der Waals surface area contributed by atoms with Gasteiger partial charge in [0.2, 0.25) is 0 Å². The molecule has 0 aromatic heterocycles. The van der Waals surface area contributed by atoms with Crippen molar-refractivity contribution in [3.63, 3.8) is 0 Å². The summed E-state index contributed by atoms with van der Waals surface area (Å²) in [6, 6.07) is 17.3. The number of rotatable bonds is 2. The molecular formula is C14H10N2O2S. The van der Waals surface area contributed by atoms with E-state index < -0.39 is 11.8 Å². The predicted molar refractivity (Wildman–Crippen MR) is 73.8 cm³/mol. The summed E-state index contributed by atoms with van der Waals surface area (Å²) in [6.07, 6.45) is 0. The third-order valence-electron chi connectivity index (χ3n) is 2.29. The second-order valence-corrected chi connectivity index (χ2v) is 4.14. The summed E-state index contributed by atoms with van der Waals surface area (Å²) in [5, 5.41) is 0. The van der Waals surface area contributed by atoms with Crippen molar-refractivity contribution in [2.24, 2.45) is 8.73 Å². The van der Waals surface area contributed by atoms with Gasteiger partial charge in [0.1, 0.15) is 0 Å². The van der Waals surface area contributed by atoms with E-state index in [2.05, 4.69) is 8.73 Å². The standard InChI is InChI=1S/C14H10N2O2S/c17-13(11-7-3-1-4-8-11)15-19-16-14(18)12-9-5-2-6-10-12/h1-10H. The Morgan fingerprint density at radius 1 is 0.684 bits per heavy atom. The molecule has 0 aliphatic carbocycles.